The summed E-state index contributed by atoms with van der Waals surface area (Å²) in [6.07, 6.45) is 1.14. The summed E-state index contributed by atoms with van der Waals surface area (Å²) in [5, 5.41) is 9.20. The van der Waals surface area contributed by atoms with Gasteiger partial charge in [0.15, 0.2) is 18.1 Å². The Kier molecular flexibility index (Phi) is 5.73. The fourth-order valence-electron chi connectivity index (χ4n) is 3.02. The molecule has 23 heavy (non-hydrogen) atoms. The topological polar surface area (TPSA) is 62.6 Å². The number of carbonyl (C=O) groups is 1. The monoisotopic (exact) mass is 336 g/mol. The van der Waals surface area contributed by atoms with E-state index >= 15 is 0 Å². The maximum absolute atomic E-state index is 12.4. The van der Waals surface area contributed by atoms with Crippen LogP contribution >= 0.6 is 11.6 Å². The molecular weight excluding hydrogens is 316 g/mol. The van der Waals surface area contributed by atoms with Crippen molar-refractivity contribution in [3.63, 3.8) is 0 Å². The van der Waals surface area contributed by atoms with E-state index in [2.05, 4.69) is 13.8 Å². The molecule has 0 saturated carbocycles. The predicted octanol–water partition coefficient (Wildman–Crippen LogP) is 3.10. The van der Waals surface area contributed by atoms with Gasteiger partial charge in [-0.05, 0) is 24.3 Å². The third kappa shape index (κ3) is 4.29. The van der Waals surface area contributed by atoms with E-state index in [0.717, 1.165) is 19.5 Å². The van der Waals surface area contributed by atoms with E-state index in [4.69, 9.17) is 26.3 Å². The highest BCUT2D eigenvalue weighted by Gasteiger charge is 2.26. The SMILES string of the molecule is COc1cc(C#N)cc(Cl)c1OCC(=O)N1C[C@H](C)C[C@H](C)C1. The molecule has 0 unspecified atom stereocenters. The molecule has 0 aromatic heterocycles. The quantitative estimate of drug-likeness (QED) is 0.847. The Morgan fingerprint density at radius 3 is 2.61 bits per heavy atom. The summed E-state index contributed by atoms with van der Waals surface area (Å²) >= 11 is 6.13. The van der Waals surface area contributed by atoms with Gasteiger partial charge >= 0.3 is 0 Å². The number of benzene rings is 1. The van der Waals surface area contributed by atoms with Crippen molar-refractivity contribution in [1.29, 1.82) is 5.26 Å². The van der Waals surface area contributed by atoms with Crippen LogP contribution in [0.25, 0.3) is 0 Å². The summed E-state index contributed by atoms with van der Waals surface area (Å²) in [6, 6.07) is 5.03. The maximum Gasteiger partial charge on any atom is 0.260 e. The van der Waals surface area contributed by atoms with E-state index in [1.807, 2.05) is 11.0 Å². The first-order chi connectivity index (χ1) is 10.9. The Balaban J connectivity index is 2.06. The van der Waals surface area contributed by atoms with E-state index in [1.165, 1.54) is 19.2 Å². The minimum Gasteiger partial charge on any atom is -0.493 e. The molecule has 0 aliphatic carbocycles. The fraction of sp³-hybridized carbons (Fsp3) is 0.529. The van der Waals surface area contributed by atoms with Crippen LogP contribution in [-0.2, 0) is 4.79 Å². The molecule has 0 bridgehead atoms. The first kappa shape index (κ1) is 17.4. The van der Waals surface area contributed by atoms with Gasteiger partial charge in [-0.25, -0.2) is 0 Å². The van der Waals surface area contributed by atoms with Gasteiger partial charge in [-0.1, -0.05) is 25.4 Å². The average molecular weight is 337 g/mol. The Labute approximate surface area is 141 Å². The number of halogens is 1. The Morgan fingerprint density at radius 2 is 2.04 bits per heavy atom. The number of carbonyl (C=O) groups excluding carboxylic acids is 1. The highest BCUT2D eigenvalue weighted by molar-refractivity contribution is 6.32. The predicted molar refractivity (Wildman–Crippen MR) is 87.7 cm³/mol. The van der Waals surface area contributed by atoms with Gasteiger partial charge < -0.3 is 14.4 Å². The van der Waals surface area contributed by atoms with Crippen molar-refractivity contribution in [3.05, 3.63) is 22.7 Å². The van der Waals surface area contributed by atoms with E-state index < -0.39 is 0 Å². The van der Waals surface area contributed by atoms with Gasteiger partial charge in [0.05, 0.1) is 23.8 Å². The van der Waals surface area contributed by atoms with Gasteiger partial charge in [0.1, 0.15) is 0 Å². The molecule has 6 heteroatoms. The smallest absolute Gasteiger partial charge is 0.260 e. The molecule has 1 aliphatic heterocycles. The van der Waals surface area contributed by atoms with Crippen molar-refractivity contribution in [3.8, 4) is 17.6 Å². The van der Waals surface area contributed by atoms with Gasteiger partial charge in [0.25, 0.3) is 5.91 Å². The van der Waals surface area contributed by atoms with Crippen molar-refractivity contribution < 1.29 is 14.3 Å². The number of likely N-dealkylation sites (tertiary alicyclic amines) is 1. The number of nitriles is 1. The number of ether oxygens (including phenoxy) is 2. The number of rotatable bonds is 4. The zero-order valence-electron chi connectivity index (χ0n) is 13.6. The summed E-state index contributed by atoms with van der Waals surface area (Å²) in [4.78, 5) is 14.2. The van der Waals surface area contributed by atoms with Crippen LogP contribution in [0.4, 0.5) is 0 Å². The van der Waals surface area contributed by atoms with Crippen LogP contribution in [0.1, 0.15) is 25.8 Å². The first-order valence-electron chi connectivity index (χ1n) is 7.62. The largest absolute Gasteiger partial charge is 0.493 e. The molecule has 124 valence electrons. The van der Waals surface area contributed by atoms with Gasteiger partial charge in [-0.3, -0.25) is 4.79 Å². The molecule has 1 saturated heterocycles. The fourth-order valence-corrected chi connectivity index (χ4v) is 3.28. The summed E-state index contributed by atoms with van der Waals surface area (Å²) in [7, 11) is 1.47. The lowest BCUT2D eigenvalue weighted by Gasteiger charge is -2.34. The Morgan fingerprint density at radius 1 is 1.39 bits per heavy atom. The third-order valence-electron chi connectivity index (χ3n) is 3.92. The van der Waals surface area contributed by atoms with Crippen molar-refractivity contribution in [2.24, 2.45) is 11.8 Å². The molecule has 0 radical (unpaired) electrons. The minimum atomic E-state index is -0.0958. The molecule has 5 nitrogen and oxygen atoms in total. The van der Waals surface area contributed by atoms with Crippen LogP contribution in [0.5, 0.6) is 11.5 Å². The lowest BCUT2D eigenvalue weighted by molar-refractivity contribution is -0.136. The number of methoxy groups -OCH3 is 1. The third-order valence-corrected chi connectivity index (χ3v) is 4.20. The number of piperidine rings is 1. The summed E-state index contributed by atoms with van der Waals surface area (Å²) < 4.78 is 10.8. The maximum atomic E-state index is 12.4. The molecule has 0 N–H and O–H groups in total. The lowest BCUT2D eigenvalue weighted by Crippen LogP contribution is -2.44. The van der Waals surface area contributed by atoms with Crippen LogP contribution in [0.3, 0.4) is 0 Å². The lowest BCUT2D eigenvalue weighted by atomic mass is 9.92. The van der Waals surface area contributed by atoms with E-state index in [9.17, 15) is 4.79 Å². The van der Waals surface area contributed by atoms with Gasteiger partial charge in [-0.2, -0.15) is 5.26 Å². The molecule has 1 heterocycles. The normalized spacial score (nSPS) is 20.7. The van der Waals surface area contributed by atoms with E-state index in [1.54, 1.807) is 0 Å². The number of amides is 1. The summed E-state index contributed by atoms with van der Waals surface area (Å²) in [5.41, 5.74) is 0.379. The van der Waals surface area contributed by atoms with Crippen LogP contribution in [0.15, 0.2) is 12.1 Å². The van der Waals surface area contributed by atoms with Gasteiger partial charge in [0, 0.05) is 19.2 Å². The second-order valence-electron chi connectivity index (χ2n) is 6.13. The van der Waals surface area contributed by atoms with Crippen molar-refractivity contribution in [1.82, 2.24) is 4.90 Å². The van der Waals surface area contributed by atoms with Crippen LogP contribution in [-0.4, -0.2) is 37.6 Å². The zero-order chi connectivity index (χ0) is 17.0. The number of hydrogen-bond acceptors (Lipinski definition) is 4. The summed E-state index contributed by atoms with van der Waals surface area (Å²) in [6.45, 7) is 5.71. The van der Waals surface area contributed by atoms with Crippen LogP contribution in [0.2, 0.25) is 5.02 Å². The Hall–Kier alpha value is -1.93. The standard InChI is InChI=1S/C17H21ClN2O3/c1-11-4-12(2)9-20(8-11)16(21)10-23-17-14(18)5-13(7-19)6-15(17)22-3/h5-6,11-12H,4,8-10H2,1-3H3/t11-,12+. The highest BCUT2D eigenvalue weighted by Crippen LogP contribution is 2.36. The van der Waals surface area contributed by atoms with Crippen molar-refractivity contribution >= 4 is 17.5 Å². The first-order valence-corrected chi connectivity index (χ1v) is 8.00. The van der Waals surface area contributed by atoms with Gasteiger partial charge in [-0.15, -0.1) is 0 Å². The molecule has 1 aromatic rings. The summed E-state index contributed by atoms with van der Waals surface area (Å²) in [5.74, 6) is 1.57. The second kappa shape index (κ2) is 7.56. The molecule has 1 amide bonds. The highest BCUT2D eigenvalue weighted by atomic mass is 35.5. The molecule has 1 aromatic carbocycles. The van der Waals surface area contributed by atoms with Crippen molar-refractivity contribution in [2.45, 2.75) is 20.3 Å². The van der Waals surface area contributed by atoms with Crippen molar-refractivity contribution in [2.75, 3.05) is 26.8 Å². The van der Waals surface area contributed by atoms with Crippen LogP contribution in [0, 0.1) is 23.2 Å². The average Bonchev–Trinajstić information content (AvgIpc) is 2.51. The molecule has 1 aliphatic rings. The minimum absolute atomic E-state index is 0.0640. The molecular formula is C17H21ClN2O3. The zero-order valence-corrected chi connectivity index (χ0v) is 14.4. The Bertz CT molecular complexity index is 617. The number of nitrogens with zero attached hydrogens (tertiary/aromatic N) is 2. The second-order valence-corrected chi connectivity index (χ2v) is 6.54. The molecule has 0 spiro atoms. The van der Waals surface area contributed by atoms with E-state index in [0.29, 0.717) is 28.9 Å². The van der Waals surface area contributed by atoms with Crippen LogP contribution < -0.4 is 9.47 Å². The molecule has 2 rings (SSSR count). The number of hydrogen-bond donors (Lipinski definition) is 0. The van der Waals surface area contributed by atoms with E-state index in [-0.39, 0.29) is 17.5 Å². The molecule has 2 atom stereocenters. The molecule has 1 fully saturated rings. The van der Waals surface area contributed by atoms with Gasteiger partial charge in [0.2, 0.25) is 0 Å².